The molecule has 0 bridgehead atoms. The third-order valence-corrected chi connectivity index (χ3v) is 2.91. The highest BCUT2D eigenvalue weighted by Crippen LogP contribution is 2.12. The highest BCUT2D eigenvalue weighted by atomic mass is 16.5. The molecule has 0 unspecified atom stereocenters. The molecule has 0 fully saturated rings. The molecule has 2 aromatic rings. The Morgan fingerprint density at radius 3 is 2.65 bits per heavy atom. The largest absolute Gasteiger partial charge is 0.383 e. The number of hydrogen-bond donors (Lipinski definition) is 1. The van der Waals surface area contributed by atoms with Gasteiger partial charge in [-0.15, -0.1) is 0 Å². The summed E-state index contributed by atoms with van der Waals surface area (Å²) in [5.74, 6) is 0.998. The van der Waals surface area contributed by atoms with Gasteiger partial charge < -0.3 is 10.1 Å². The summed E-state index contributed by atoms with van der Waals surface area (Å²) in [5, 5.41) is 7.71. The number of nitrogens with one attached hydrogen (secondary N) is 1. The SMILES string of the molecule is COCCNCc1cnc(-n2ccc(C(C)C)n2)nc1. The quantitative estimate of drug-likeness (QED) is 0.776. The summed E-state index contributed by atoms with van der Waals surface area (Å²) in [6.07, 6.45) is 5.53. The molecule has 0 aromatic carbocycles. The standard InChI is InChI=1S/C14H21N5O/c1-11(2)13-4-6-19(18-13)14-16-9-12(10-17-14)8-15-5-7-20-3/h4,6,9-11,15H,5,7-8H2,1-3H3. The first-order valence-electron chi connectivity index (χ1n) is 6.77. The van der Waals surface area contributed by atoms with Crippen LogP contribution in [0.5, 0.6) is 0 Å². The zero-order valence-corrected chi connectivity index (χ0v) is 12.2. The number of nitrogens with zero attached hydrogens (tertiary/aromatic N) is 4. The van der Waals surface area contributed by atoms with Crippen LogP contribution in [0.1, 0.15) is 31.0 Å². The Kier molecular flexibility index (Phi) is 5.20. The number of hydrogen-bond acceptors (Lipinski definition) is 5. The molecule has 0 aliphatic carbocycles. The van der Waals surface area contributed by atoms with Gasteiger partial charge in [-0.05, 0) is 12.0 Å². The molecule has 108 valence electrons. The van der Waals surface area contributed by atoms with E-state index in [1.165, 1.54) is 0 Å². The minimum Gasteiger partial charge on any atom is -0.383 e. The van der Waals surface area contributed by atoms with Gasteiger partial charge in [0.15, 0.2) is 0 Å². The van der Waals surface area contributed by atoms with E-state index in [-0.39, 0.29) is 0 Å². The molecule has 0 amide bonds. The molecule has 0 atom stereocenters. The minimum absolute atomic E-state index is 0.403. The van der Waals surface area contributed by atoms with Crippen LogP contribution in [0.2, 0.25) is 0 Å². The molecule has 2 heterocycles. The van der Waals surface area contributed by atoms with E-state index in [2.05, 4.69) is 34.2 Å². The van der Waals surface area contributed by atoms with Crippen LogP contribution in [0.15, 0.2) is 24.7 Å². The fourth-order valence-electron chi connectivity index (χ4n) is 1.72. The van der Waals surface area contributed by atoms with Crippen molar-refractivity contribution in [2.24, 2.45) is 0 Å². The van der Waals surface area contributed by atoms with E-state index in [1.807, 2.05) is 24.7 Å². The lowest BCUT2D eigenvalue weighted by atomic mass is 10.1. The predicted octanol–water partition coefficient (Wildman–Crippen LogP) is 1.52. The van der Waals surface area contributed by atoms with E-state index in [0.29, 0.717) is 18.5 Å². The lowest BCUT2D eigenvalue weighted by Gasteiger charge is -2.05. The van der Waals surface area contributed by atoms with E-state index in [4.69, 9.17) is 4.74 Å². The van der Waals surface area contributed by atoms with Crippen molar-refractivity contribution in [1.29, 1.82) is 0 Å². The monoisotopic (exact) mass is 275 g/mol. The lowest BCUT2D eigenvalue weighted by molar-refractivity contribution is 0.199. The number of methoxy groups -OCH3 is 1. The molecule has 6 nitrogen and oxygen atoms in total. The smallest absolute Gasteiger partial charge is 0.250 e. The van der Waals surface area contributed by atoms with Crippen molar-refractivity contribution in [2.75, 3.05) is 20.3 Å². The Morgan fingerprint density at radius 2 is 2.05 bits per heavy atom. The van der Waals surface area contributed by atoms with Gasteiger partial charge >= 0.3 is 0 Å². The van der Waals surface area contributed by atoms with Crippen LogP contribution in [0.3, 0.4) is 0 Å². The first kappa shape index (κ1) is 14.6. The van der Waals surface area contributed by atoms with Crippen LogP contribution in [0.4, 0.5) is 0 Å². The number of rotatable bonds is 7. The average molecular weight is 275 g/mol. The van der Waals surface area contributed by atoms with Crippen molar-refractivity contribution in [3.8, 4) is 5.95 Å². The van der Waals surface area contributed by atoms with Crippen LogP contribution in [-0.4, -0.2) is 40.0 Å². The van der Waals surface area contributed by atoms with E-state index < -0.39 is 0 Å². The molecule has 0 spiro atoms. The first-order valence-corrected chi connectivity index (χ1v) is 6.77. The van der Waals surface area contributed by atoms with Gasteiger partial charge in [0.1, 0.15) is 0 Å². The Morgan fingerprint density at radius 1 is 1.30 bits per heavy atom. The summed E-state index contributed by atoms with van der Waals surface area (Å²) in [6, 6.07) is 1.99. The molecule has 0 radical (unpaired) electrons. The lowest BCUT2D eigenvalue weighted by Crippen LogP contribution is -2.19. The van der Waals surface area contributed by atoms with Gasteiger partial charge in [-0.1, -0.05) is 13.8 Å². The summed E-state index contributed by atoms with van der Waals surface area (Å²) >= 11 is 0. The highest BCUT2D eigenvalue weighted by molar-refractivity contribution is 5.16. The van der Waals surface area contributed by atoms with Gasteiger partial charge in [0.2, 0.25) is 5.95 Å². The van der Waals surface area contributed by atoms with E-state index in [0.717, 1.165) is 24.3 Å². The molecule has 0 aliphatic heterocycles. The third kappa shape index (κ3) is 3.85. The van der Waals surface area contributed by atoms with E-state index in [9.17, 15) is 0 Å². The highest BCUT2D eigenvalue weighted by Gasteiger charge is 2.06. The van der Waals surface area contributed by atoms with Gasteiger partial charge in [-0.3, -0.25) is 0 Å². The van der Waals surface area contributed by atoms with Crippen LogP contribution in [0.25, 0.3) is 5.95 Å². The predicted molar refractivity (Wildman–Crippen MR) is 76.8 cm³/mol. The second kappa shape index (κ2) is 7.12. The van der Waals surface area contributed by atoms with E-state index >= 15 is 0 Å². The van der Waals surface area contributed by atoms with E-state index in [1.54, 1.807) is 11.8 Å². The minimum atomic E-state index is 0.403. The molecule has 0 saturated heterocycles. The second-order valence-corrected chi connectivity index (χ2v) is 4.90. The maximum atomic E-state index is 4.97. The second-order valence-electron chi connectivity index (χ2n) is 4.90. The maximum absolute atomic E-state index is 4.97. The molecule has 2 aromatic heterocycles. The summed E-state index contributed by atoms with van der Waals surface area (Å²) < 4.78 is 6.68. The normalized spacial score (nSPS) is 11.2. The fourth-order valence-corrected chi connectivity index (χ4v) is 1.72. The van der Waals surface area contributed by atoms with Crippen molar-refractivity contribution in [3.63, 3.8) is 0 Å². The van der Waals surface area contributed by atoms with Gasteiger partial charge in [0.25, 0.3) is 0 Å². The Balaban J connectivity index is 1.96. The molecular weight excluding hydrogens is 254 g/mol. The van der Waals surface area contributed by atoms with Crippen molar-refractivity contribution < 1.29 is 4.74 Å². The fraction of sp³-hybridized carbons (Fsp3) is 0.500. The average Bonchev–Trinajstić information content (AvgIpc) is 2.94. The van der Waals surface area contributed by atoms with Crippen LogP contribution >= 0.6 is 0 Å². The summed E-state index contributed by atoms with van der Waals surface area (Å²) in [6.45, 7) is 6.48. The van der Waals surface area contributed by atoms with Crippen molar-refractivity contribution in [1.82, 2.24) is 25.1 Å². The van der Waals surface area contributed by atoms with Crippen molar-refractivity contribution in [3.05, 3.63) is 35.9 Å². The van der Waals surface area contributed by atoms with Crippen molar-refractivity contribution >= 4 is 0 Å². The summed E-state index contributed by atoms with van der Waals surface area (Å²) in [7, 11) is 1.69. The third-order valence-electron chi connectivity index (χ3n) is 2.91. The number of ether oxygens (including phenoxy) is 1. The molecule has 2 rings (SSSR count). The Hall–Kier alpha value is -1.79. The maximum Gasteiger partial charge on any atom is 0.250 e. The first-order chi connectivity index (χ1) is 9.70. The molecule has 20 heavy (non-hydrogen) atoms. The number of aromatic nitrogens is 4. The molecule has 0 aliphatic rings. The Labute approximate surface area is 119 Å². The zero-order chi connectivity index (χ0) is 14.4. The molecular formula is C14H21N5O. The van der Waals surface area contributed by atoms with Gasteiger partial charge in [0, 0.05) is 44.4 Å². The molecule has 0 saturated carbocycles. The Bertz CT molecular complexity index is 521. The van der Waals surface area contributed by atoms with Crippen LogP contribution < -0.4 is 5.32 Å². The zero-order valence-electron chi connectivity index (χ0n) is 12.2. The van der Waals surface area contributed by atoms with Gasteiger partial charge in [-0.25, -0.2) is 14.6 Å². The topological polar surface area (TPSA) is 64.9 Å². The van der Waals surface area contributed by atoms with Gasteiger partial charge in [-0.2, -0.15) is 5.10 Å². The van der Waals surface area contributed by atoms with Gasteiger partial charge in [0.05, 0.1) is 12.3 Å². The summed E-state index contributed by atoms with van der Waals surface area (Å²) in [4.78, 5) is 8.68. The van der Waals surface area contributed by atoms with Crippen molar-refractivity contribution in [2.45, 2.75) is 26.3 Å². The van der Waals surface area contributed by atoms with Crippen LogP contribution in [-0.2, 0) is 11.3 Å². The summed E-state index contributed by atoms with van der Waals surface area (Å²) in [5.41, 5.74) is 2.08. The molecule has 6 heteroatoms. The molecule has 1 N–H and O–H groups in total. The van der Waals surface area contributed by atoms with Crippen LogP contribution in [0, 0.1) is 0 Å².